The molecule has 9 heteroatoms. The number of aromatic carboxylic acids is 1. The molecular formula is C12H15FN2O5S. The highest BCUT2D eigenvalue weighted by atomic mass is 32.2. The summed E-state index contributed by atoms with van der Waals surface area (Å²) in [4.78, 5) is 10.8. The number of hydrogen-bond acceptors (Lipinski definition) is 4. The van der Waals surface area contributed by atoms with Crippen molar-refractivity contribution in [2.45, 2.75) is 6.42 Å². The van der Waals surface area contributed by atoms with Crippen molar-refractivity contribution in [1.29, 1.82) is 0 Å². The average molecular weight is 318 g/mol. The molecule has 1 aliphatic rings. The van der Waals surface area contributed by atoms with Gasteiger partial charge in [-0.05, 0) is 24.6 Å². The fourth-order valence-electron chi connectivity index (χ4n) is 1.95. The van der Waals surface area contributed by atoms with Gasteiger partial charge in [-0.25, -0.2) is 9.18 Å². The number of anilines is 1. The van der Waals surface area contributed by atoms with E-state index in [-0.39, 0.29) is 30.9 Å². The normalized spacial score (nSPS) is 17.2. The second-order valence-corrected chi connectivity index (χ2v) is 6.18. The number of rotatable bonds is 4. The van der Waals surface area contributed by atoms with Gasteiger partial charge in [0.15, 0.2) is 0 Å². The van der Waals surface area contributed by atoms with E-state index in [4.69, 9.17) is 9.84 Å². The fraction of sp³-hybridized carbons (Fsp3) is 0.417. The van der Waals surface area contributed by atoms with Crippen LogP contribution in [0, 0.1) is 5.82 Å². The van der Waals surface area contributed by atoms with E-state index in [0.717, 1.165) is 18.2 Å². The number of halogens is 1. The molecule has 1 saturated heterocycles. The molecular weight excluding hydrogens is 303 g/mol. The van der Waals surface area contributed by atoms with Crippen LogP contribution in [0.2, 0.25) is 0 Å². The minimum Gasteiger partial charge on any atom is -0.478 e. The smallest absolute Gasteiger partial charge is 0.335 e. The summed E-state index contributed by atoms with van der Waals surface area (Å²) in [5.41, 5.74) is -0.454. The molecule has 1 fully saturated rings. The molecule has 116 valence electrons. The van der Waals surface area contributed by atoms with Gasteiger partial charge in [0.2, 0.25) is 0 Å². The van der Waals surface area contributed by atoms with Crippen molar-refractivity contribution in [3.8, 4) is 0 Å². The van der Waals surface area contributed by atoms with Gasteiger partial charge >= 0.3 is 16.2 Å². The lowest BCUT2D eigenvalue weighted by molar-refractivity contribution is 0.0696. The lowest BCUT2D eigenvalue weighted by Gasteiger charge is -2.20. The second-order valence-electron chi connectivity index (χ2n) is 4.51. The van der Waals surface area contributed by atoms with Crippen molar-refractivity contribution in [2.75, 3.05) is 31.0 Å². The molecule has 21 heavy (non-hydrogen) atoms. The van der Waals surface area contributed by atoms with Gasteiger partial charge in [0.05, 0.1) is 17.9 Å². The van der Waals surface area contributed by atoms with Gasteiger partial charge in [0, 0.05) is 19.7 Å². The maximum Gasteiger partial charge on any atom is 0.335 e. The number of benzene rings is 1. The molecule has 0 atom stereocenters. The summed E-state index contributed by atoms with van der Waals surface area (Å²) in [5.74, 6) is -2.16. The number of nitrogens with zero attached hydrogens (tertiary/aromatic N) is 1. The summed E-state index contributed by atoms with van der Waals surface area (Å²) < 4.78 is 46.3. The van der Waals surface area contributed by atoms with Crippen LogP contribution >= 0.6 is 0 Å². The first-order valence-corrected chi connectivity index (χ1v) is 7.72. The minimum absolute atomic E-state index is 0.127. The van der Waals surface area contributed by atoms with Gasteiger partial charge < -0.3 is 9.84 Å². The Kier molecular flexibility index (Phi) is 4.76. The molecule has 1 heterocycles. The zero-order chi connectivity index (χ0) is 15.5. The Morgan fingerprint density at radius 1 is 1.29 bits per heavy atom. The summed E-state index contributed by atoms with van der Waals surface area (Å²) in [7, 11) is -3.88. The molecule has 1 aromatic rings. The summed E-state index contributed by atoms with van der Waals surface area (Å²) >= 11 is 0. The van der Waals surface area contributed by atoms with E-state index in [9.17, 15) is 17.6 Å². The minimum atomic E-state index is -3.88. The van der Waals surface area contributed by atoms with Gasteiger partial charge in [-0.1, -0.05) is 0 Å². The summed E-state index contributed by atoms with van der Waals surface area (Å²) in [6.07, 6.45) is 0.560. The van der Waals surface area contributed by atoms with Crippen molar-refractivity contribution in [2.24, 2.45) is 0 Å². The van der Waals surface area contributed by atoms with Crippen LogP contribution in [-0.2, 0) is 14.9 Å². The van der Waals surface area contributed by atoms with Crippen LogP contribution in [0.4, 0.5) is 10.1 Å². The number of carboxylic acids is 1. The number of hydrogen-bond donors (Lipinski definition) is 2. The summed E-state index contributed by atoms with van der Waals surface area (Å²) in [5, 5.41) is 8.85. The van der Waals surface area contributed by atoms with Gasteiger partial charge in [-0.15, -0.1) is 0 Å². The first-order valence-electron chi connectivity index (χ1n) is 6.28. The number of nitrogens with one attached hydrogen (secondary N) is 1. The van der Waals surface area contributed by atoms with Gasteiger partial charge in [0.1, 0.15) is 5.82 Å². The first-order chi connectivity index (χ1) is 9.88. The van der Waals surface area contributed by atoms with E-state index in [2.05, 4.69) is 4.72 Å². The maximum atomic E-state index is 13.3. The Bertz CT molecular complexity index is 627. The van der Waals surface area contributed by atoms with Crippen LogP contribution < -0.4 is 4.72 Å². The third kappa shape index (κ3) is 4.13. The SMILES string of the molecule is O=C(O)c1cc(F)cc(NS(=O)(=O)N2CCCOCC2)c1. The Labute approximate surface area is 121 Å². The molecule has 2 N–H and O–H groups in total. The second kappa shape index (κ2) is 6.37. The van der Waals surface area contributed by atoms with Crippen molar-refractivity contribution in [3.63, 3.8) is 0 Å². The van der Waals surface area contributed by atoms with Crippen molar-refractivity contribution < 1.29 is 27.4 Å². The van der Waals surface area contributed by atoms with Crippen LogP contribution in [0.3, 0.4) is 0 Å². The van der Waals surface area contributed by atoms with Crippen LogP contribution in [0.15, 0.2) is 18.2 Å². The molecule has 0 aliphatic carbocycles. The maximum absolute atomic E-state index is 13.3. The van der Waals surface area contributed by atoms with Gasteiger partial charge in [0.25, 0.3) is 0 Å². The zero-order valence-corrected chi connectivity index (χ0v) is 11.9. The Balaban J connectivity index is 2.21. The number of ether oxygens (including phenoxy) is 1. The molecule has 0 saturated carbocycles. The van der Waals surface area contributed by atoms with Crippen LogP contribution in [0.1, 0.15) is 16.8 Å². The molecule has 2 rings (SSSR count). The van der Waals surface area contributed by atoms with E-state index in [1.165, 1.54) is 4.31 Å². The highest BCUT2D eigenvalue weighted by molar-refractivity contribution is 7.90. The molecule has 0 radical (unpaired) electrons. The Morgan fingerprint density at radius 2 is 2.05 bits per heavy atom. The predicted octanol–water partition coefficient (Wildman–Crippen LogP) is 0.903. The molecule has 1 aliphatic heterocycles. The van der Waals surface area contributed by atoms with E-state index in [1.54, 1.807) is 0 Å². The van der Waals surface area contributed by atoms with E-state index in [1.807, 2.05) is 0 Å². The Hall–Kier alpha value is -1.71. The fourth-order valence-corrected chi connectivity index (χ4v) is 3.18. The monoisotopic (exact) mass is 318 g/mol. The van der Waals surface area contributed by atoms with E-state index in [0.29, 0.717) is 13.0 Å². The van der Waals surface area contributed by atoms with Crippen LogP contribution in [0.25, 0.3) is 0 Å². The van der Waals surface area contributed by atoms with Gasteiger partial charge in [-0.2, -0.15) is 12.7 Å². The third-order valence-electron chi connectivity index (χ3n) is 2.91. The predicted molar refractivity (Wildman–Crippen MR) is 72.9 cm³/mol. The van der Waals surface area contributed by atoms with E-state index >= 15 is 0 Å². The average Bonchev–Trinajstić information content (AvgIpc) is 2.66. The van der Waals surface area contributed by atoms with Crippen LogP contribution in [-0.4, -0.2) is 50.1 Å². The van der Waals surface area contributed by atoms with Crippen LogP contribution in [0.5, 0.6) is 0 Å². The summed E-state index contributed by atoms with van der Waals surface area (Å²) in [6.45, 7) is 1.24. The van der Waals surface area contributed by atoms with E-state index < -0.39 is 22.0 Å². The third-order valence-corrected chi connectivity index (χ3v) is 4.45. The largest absolute Gasteiger partial charge is 0.478 e. The van der Waals surface area contributed by atoms with Crippen molar-refractivity contribution >= 4 is 21.9 Å². The summed E-state index contributed by atoms with van der Waals surface area (Å²) in [6, 6.07) is 2.81. The zero-order valence-electron chi connectivity index (χ0n) is 11.1. The Morgan fingerprint density at radius 3 is 2.76 bits per heavy atom. The quantitative estimate of drug-likeness (QED) is 0.860. The molecule has 7 nitrogen and oxygen atoms in total. The van der Waals surface area contributed by atoms with Crippen molar-refractivity contribution in [1.82, 2.24) is 4.31 Å². The van der Waals surface area contributed by atoms with Gasteiger partial charge in [-0.3, -0.25) is 4.72 Å². The molecule has 1 aromatic carbocycles. The molecule has 0 spiro atoms. The molecule has 0 bridgehead atoms. The molecule has 0 aromatic heterocycles. The highest BCUT2D eigenvalue weighted by Gasteiger charge is 2.23. The lowest BCUT2D eigenvalue weighted by atomic mass is 10.2. The topological polar surface area (TPSA) is 95.9 Å². The molecule has 0 unspecified atom stereocenters. The lowest BCUT2D eigenvalue weighted by Crippen LogP contribution is -2.37. The standard InChI is InChI=1S/C12H15FN2O5S/c13-10-6-9(12(16)17)7-11(8-10)14-21(18,19)15-2-1-4-20-5-3-15/h6-8,14H,1-5H2,(H,16,17). The number of carbonyl (C=O) groups is 1. The van der Waals surface area contributed by atoms with Crippen molar-refractivity contribution in [3.05, 3.63) is 29.6 Å². The number of carboxylic acid groups (broad SMARTS) is 1. The molecule has 0 amide bonds. The first kappa shape index (κ1) is 15.7. The highest BCUT2D eigenvalue weighted by Crippen LogP contribution is 2.17.